The maximum atomic E-state index is 8.88. The van der Waals surface area contributed by atoms with Crippen LogP contribution in [0.25, 0.3) is 0 Å². The van der Waals surface area contributed by atoms with Gasteiger partial charge in [-0.25, -0.2) is 4.57 Å². The highest BCUT2D eigenvalue weighted by Crippen LogP contribution is 2.25. The van der Waals surface area contributed by atoms with Gasteiger partial charge in [-0.05, 0) is 19.8 Å². The molecule has 0 saturated carbocycles. The van der Waals surface area contributed by atoms with Crippen LogP contribution in [-0.4, -0.2) is 46.3 Å². The Morgan fingerprint density at radius 3 is 1.75 bits per heavy atom. The number of quaternary nitrogens is 1. The van der Waals surface area contributed by atoms with E-state index in [4.69, 9.17) is 19.2 Å². The standard InChI is InChI=1S/C10H24N.H3O4P/c1-5-7-8-9-10-11(3,4)6-2;1-5(2,3)4/h5-10H2,1-4H3;(H3,1,2,3,4)/q+1;. The van der Waals surface area contributed by atoms with Crippen molar-refractivity contribution in [2.45, 2.75) is 39.5 Å². The summed E-state index contributed by atoms with van der Waals surface area (Å²) in [7, 11) is -0.0160. The molecule has 0 aliphatic carbocycles. The van der Waals surface area contributed by atoms with Gasteiger partial charge in [-0.3, -0.25) is 0 Å². The van der Waals surface area contributed by atoms with Crippen LogP contribution in [-0.2, 0) is 4.57 Å². The molecule has 0 saturated heterocycles. The Kier molecular flexibility index (Phi) is 10.5. The van der Waals surface area contributed by atoms with E-state index in [2.05, 4.69) is 27.9 Å². The predicted molar refractivity (Wildman–Crippen MR) is 65.9 cm³/mol. The van der Waals surface area contributed by atoms with E-state index < -0.39 is 7.82 Å². The van der Waals surface area contributed by atoms with Crippen LogP contribution >= 0.6 is 7.82 Å². The highest BCUT2D eigenvalue weighted by atomic mass is 31.2. The van der Waals surface area contributed by atoms with Crippen molar-refractivity contribution in [2.24, 2.45) is 0 Å². The fraction of sp³-hybridized carbons (Fsp3) is 1.00. The molecule has 0 heterocycles. The Labute approximate surface area is 98.9 Å². The van der Waals surface area contributed by atoms with E-state index >= 15 is 0 Å². The predicted octanol–water partition coefficient (Wildman–Crippen LogP) is 1.73. The van der Waals surface area contributed by atoms with Crippen LogP contribution in [0.2, 0.25) is 0 Å². The van der Waals surface area contributed by atoms with Gasteiger partial charge in [0.2, 0.25) is 0 Å². The molecule has 0 radical (unpaired) electrons. The van der Waals surface area contributed by atoms with E-state index in [1.54, 1.807) is 0 Å². The molecule has 0 aromatic carbocycles. The summed E-state index contributed by atoms with van der Waals surface area (Å²) in [5.41, 5.74) is 0. The summed E-state index contributed by atoms with van der Waals surface area (Å²) < 4.78 is 10.1. The maximum Gasteiger partial charge on any atom is 0.466 e. The molecular weight excluding hydrogens is 229 g/mol. The average molecular weight is 256 g/mol. The Hall–Kier alpha value is 0.0700. The van der Waals surface area contributed by atoms with Crippen molar-refractivity contribution in [3.63, 3.8) is 0 Å². The monoisotopic (exact) mass is 256 g/mol. The normalized spacial score (nSPS) is 11.9. The Morgan fingerprint density at radius 1 is 1.00 bits per heavy atom. The molecule has 0 atom stereocenters. The highest BCUT2D eigenvalue weighted by molar-refractivity contribution is 7.45. The molecule has 0 amide bonds. The molecule has 100 valence electrons. The van der Waals surface area contributed by atoms with Crippen LogP contribution in [0.15, 0.2) is 0 Å². The Morgan fingerprint density at radius 2 is 1.44 bits per heavy atom. The molecule has 0 aromatic rings. The lowest BCUT2D eigenvalue weighted by Crippen LogP contribution is -2.39. The zero-order chi connectivity index (χ0) is 13.2. The van der Waals surface area contributed by atoms with Gasteiger partial charge in [0.05, 0.1) is 27.2 Å². The smallest absolute Gasteiger partial charge is 0.329 e. The van der Waals surface area contributed by atoms with Crippen molar-refractivity contribution in [2.75, 3.05) is 27.2 Å². The van der Waals surface area contributed by atoms with Crippen LogP contribution in [0.1, 0.15) is 39.5 Å². The molecular formula is C10H27NO4P+. The van der Waals surface area contributed by atoms with Gasteiger partial charge in [0, 0.05) is 0 Å². The molecule has 6 heteroatoms. The lowest BCUT2D eigenvalue weighted by Gasteiger charge is -2.28. The van der Waals surface area contributed by atoms with Crippen molar-refractivity contribution < 1.29 is 23.7 Å². The summed E-state index contributed by atoms with van der Waals surface area (Å²) in [5.74, 6) is 0. The molecule has 0 aromatic heterocycles. The summed E-state index contributed by atoms with van der Waals surface area (Å²) in [4.78, 5) is 21.6. The second-order valence-corrected chi connectivity index (χ2v) is 5.58. The number of hydrogen-bond donors (Lipinski definition) is 3. The second-order valence-electron chi connectivity index (χ2n) is 4.55. The third kappa shape index (κ3) is 23.7. The fourth-order valence-electron chi connectivity index (χ4n) is 1.12. The minimum absolute atomic E-state index is 1.18. The minimum Gasteiger partial charge on any atom is -0.329 e. The van der Waals surface area contributed by atoms with E-state index in [1.807, 2.05) is 0 Å². The molecule has 3 N–H and O–H groups in total. The van der Waals surface area contributed by atoms with Gasteiger partial charge in [-0.15, -0.1) is 0 Å². The van der Waals surface area contributed by atoms with Crippen molar-refractivity contribution in [3.05, 3.63) is 0 Å². The molecule has 0 unspecified atom stereocenters. The zero-order valence-electron chi connectivity index (χ0n) is 10.9. The summed E-state index contributed by atoms with van der Waals surface area (Å²) in [6.45, 7) is 7.13. The van der Waals surface area contributed by atoms with E-state index in [1.165, 1.54) is 43.3 Å². The van der Waals surface area contributed by atoms with Crippen LogP contribution in [0.5, 0.6) is 0 Å². The average Bonchev–Trinajstić information content (AvgIpc) is 2.10. The number of nitrogens with zero attached hydrogens (tertiary/aromatic N) is 1. The lowest BCUT2D eigenvalue weighted by molar-refractivity contribution is -0.888. The molecule has 5 nitrogen and oxygen atoms in total. The Balaban J connectivity index is 0. The van der Waals surface area contributed by atoms with Gasteiger partial charge >= 0.3 is 7.82 Å². The van der Waals surface area contributed by atoms with Crippen molar-refractivity contribution in [1.82, 2.24) is 0 Å². The summed E-state index contributed by atoms with van der Waals surface area (Å²) in [6.07, 6.45) is 5.57. The first-order chi connectivity index (χ1) is 7.12. The summed E-state index contributed by atoms with van der Waals surface area (Å²) in [6, 6.07) is 0. The number of phosphoric acid groups is 1. The third-order valence-corrected chi connectivity index (χ3v) is 2.47. The van der Waals surface area contributed by atoms with Gasteiger partial charge < -0.3 is 19.2 Å². The first-order valence-corrected chi connectivity index (χ1v) is 7.29. The quantitative estimate of drug-likeness (QED) is 0.384. The van der Waals surface area contributed by atoms with Crippen molar-refractivity contribution >= 4 is 7.82 Å². The summed E-state index contributed by atoms with van der Waals surface area (Å²) >= 11 is 0. The van der Waals surface area contributed by atoms with Crippen LogP contribution in [0, 0.1) is 0 Å². The number of hydrogen-bond acceptors (Lipinski definition) is 1. The molecule has 16 heavy (non-hydrogen) atoms. The van der Waals surface area contributed by atoms with Crippen LogP contribution in [0.4, 0.5) is 0 Å². The lowest BCUT2D eigenvalue weighted by atomic mass is 10.2. The molecule has 0 fully saturated rings. The van der Waals surface area contributed by atoms with E-state index in [0.717, 1.165) is 0 Å². The summed E-state index contributed by atoms with van der Waals surface area (Å²) in [5, 5.41) is 0. The van der Waals surface area contributed by atoms with Crippen molar-refractivity contribution in [3.8, 4) is 0 Å². The number of unbranched alkanes of at least 4 members (excludes halogenated alkanes) is 3. The van der Waals surface area contributed by atoms with Crippen LogP contribution < -0.4 is 0 Å². The van der Waals surface area contributed by atoms with E-state index in [9.17, 15) is 0 Å². The van der Waals surface area contributed by atoms with Crippen LogP contribution in [0.3, 0.4) is 0 Å². The largest absolute Gasteiger partial charge is 0.466 e. The van der Waals surface area contributed by atoms with E-state index in [0.29, 0.717) is 0 Å². The molecule has 0 aliphatic rings. The topological polar surface area (TPSA) is 77.8 Å². The molecule has 0 aliphatic heterocycles. The molecule has 0 bridgehead atoms. The Bertz CT molecular complexity index is 195. The first kappa shape index (κ1) is 18.4. The first-order valence-electron chi connectivity index (χ1n) is 5.72. The van der Waals surface area contributed by atoms with Gasteiger partial charge in [0.15, 0.2) is 0 Å². The van der Waals surface area contributed by atoms with E-state index in [-0.39, 0.29) is 0 Å². The van der Waals surface area contributed by atoms with Crippen molar-refractivity contribution in [1.29, 1.82) is 0 Å². The molecule has 0 spiro atoms. The maximum absolute atomic E-state index is 8.88. The minimum atomic E-state index is -4.64. The van der Waals surface area contributed by atoms with Gasteiger partial charge in [-0.1, -0.05) is 19.8 Å². The SMILES string of the molecule is CCCCCC[N+](C)(C)CC.O=P(O)(O)O. The van der Waals surface area contributed by atoms with Gasteiger partial charge in [0.1, 0.15) is 0 Å². The fourth-order valence-corrected chi connectivity index (χ4v) is 1.12. The van der Waals surface area contributed by atoms with Gasteiger partial charge in [0.25, 0.3) is 0 Å². The second kappa shape index (κ2) is 9.14. The highest BCUT2D eigenvalue weighted by Gasteiger charge is 2.09. The number of rotatable bonds is 6. The zero-order valence-corrected chi connectivity index (χ0v) is 11.8. The third-order valence-electron chi connectivity index (χ3n) is 2.47. The molecule has 0 rings (SSSR count). The van der Waals surface area contributed by atoms with Gasteiger partial charge in [-0.2, -0.15) is 0 Å².